The van der Waals surface area contributed by atoms with Gasteiger partial charge in [0, 0.05) is 18.8 Å². The molecular weight excluding hydrogens is 282 g/mol. The Morgan fingerprint density at radius 3 is 2.67 bits per heavy atom. The largest absolute Gasteiger partial charge is 0.328 e. The van der Waals surface area contributed by atoms with E-state index in [2.05, 4.69) is 43.3 Å². The van der Waals surface area contributed by atoms with Crippen molar-refractivity contribution >= 4 is 22.6 Å². The zero-order valence-corrected chi connectivity index (χ0v) is 13.9. The molecule has 0 amide bonds. The minimum atomic E-state index is 0.224. The van der Waals surface area contributed by atoms with Gasteiger partial charge in [0.2, 0.25) is 0 Å². The van der Waals surface area contributed by atoms with E-state index in [1.165, 1.54) is 0 Å². The summed E-state index contributed by atoms with van der Waals surface area (Å²) in [4.78, 5) is 4.66. The maximum absolute atomic E-state index is 9.25. The first-order chi connectivity index (χ1) is 9.88. The number of hydrogen-bond donors (Lipinski definition) is 0. The van der Waals surface area contributed by atoms with Gasteiger partial charge < -0.3 is 4.57 Å². The van der Waals surface area contributed by atoms with Crippen LogP contribution in [0.1, 0.15) is 39.1 Å². The third-order valence-electron chi connectivity index (χ3n) is 4.23. The molecule has 1 aromatic carbocycles. The Morgan fingerprint density at radius 1 is 1.38 bits per heavy atom. The Morgan fingerprint density at radius 2 is 2.10 bits per heavy atom. The van der Waals surface area contributed by atoms with Gasteiger partial charge >= 0.3 is 0 Å². The Bertz CT molecular complexity index is 674. The highest BCUT2D eigenvalue weighted by Crippen LogP contribution is 2.29. The first kappa shape index (κ1) is 15.9. The molecular formula is C17H22ClN3. The Hall–Kier alpha value is -1.53. The summed E-state index contributed by atoms with van der Waals surface area (Å²) < 4.78 is 2.23. The third kappa shape index (κ3) is 3.22. The topological polar surface area (TPSA) is 41.6 Å². The highest BCUT2D eigenvalue weighted by molar-refractivity contribution is 6.17. The number of alkyl halides is 1. The van der Waals surface area contributed by atoms with Gasteiger partial charge in [-0.25, -0.2) is 4.98 Å². The van der Waals surface area contributed by atoms with Crippen LogP contribution in [-0.2, 0) is 13.0 Å². The van der Waals surface area contributed by atoms with Crippen LogP contribution < -0.4 is 0 Å². The number of nitrogens with zero attached hydrogens (tertiary/aromatic N) is 3. The Balaban J connectivity index is 2.55. The van der Waals surface area contributed by atoms with Crippen molar-refractivity contribution in [1.82, 2.24) is 9.55 Å². The quantitative estimate of drug-likeness (QED) is 0.787. The first-order valence-corrected chi connectivity index (χ1v) is 7.86. The fourth-order valence-electron chi connectivity index (χ4n) is 2.31. The summed E-state index contributed by atoms with van der Waals surface area (Å²) in [7, 11) is 0. The molecule has 1 unspecified atom stereocenters. The predicted molar refractivity (Wildman–Crippen MR) is 87.5 cm³/mol. The smallest absolute Gasteiger partial charge is 0.111 e. The van der Waals surface area contributed by atoms with Crippen molar-refractivity contribution in [2.24, 2.45) is 11.3 Å². The van der Waals surface area contributed by atoms with Crippen molar-refractivity contribution in [3.05, 3.63) is 29.6 Å². The highest BCUT2D eigenvalue weighted by Gasteiger charge is 2.23. The van der Waals surface area contributed by atoms with Gasteiger partial charge in [0.15, 0.2) is 0 Å². The van der Waals surface area contributed by atoms with Gasteiger partial charge in [-0.1, -0.05) is 33.8 Å². The lowest BCUT2D eigenvalue weighted by Crippen LogP contribution is -2.23. The Kier molecular flexibility index (Phi) is 4.58. The molecule has 0 bridgehead atoms. The van der Waals surface area contributed by atoms with Crippen LogP contribution in [-0.4, -0.2) is 15.4 Å². The maximum atomic E-state index is 9.25. The number of nitriles is 1. The minimum Gasteiger partial charge on any atom is -0.328 e. The molecule has 0 saturated heterocycles. The molecule has 3 nitrogen and oxygen atoms in total. The number of aromatic nitrogens is 2. The molecule has 0 aliphatic rings. The number of fused-ring (bicyclic) bond motifs is 1. The zero-order valence-electron chi connectivity index (χ0n) is 13.2. The molecule has 21 heavy (non-hydrogen) atoms. The molecule has 1 atom stereocenters. The van der Waals surface area contributed by atoms with E-state index >= 15 is 0 Å². The lowest BCUT2D eigenvalue weighted by molar-refractivity contribution is 0.233. The second kappa shape index (κ2) is 6.07. The molecule has 0 N–H and O–H groups in total. The molecule has 2 aromatic rings. The minimum absolute atomic E-state index is 0.224. The van der Waals surface area contributed by atoms with Crippen molar-refractivity contribution in [3.63, 3.8) is 0 Å². The summed E-state index contributed by atoms with van der Waals surface area (Å²) in [6.07, 6.45) is 0.720. The first-order valence-electron chi connectivity index (χ1n) is 7.32. The lowest BCUT2D eigenvalue weighted by Gasteiger charge is -2.28. The summed E-state index contributed by atoms with van der Waals surface area (Å²) in [6.45, 7) is 9.89. The number of halogens is 1. The summed E-state index contributed by atoms with van der Waals surface area (Å²) in [6, 6.07) is 8.00. The standard InChI is InChI=1S/C17H22ClN3/c1-12(17(2,3)4)11-21-14-7-5-6-13(10-19)16(14)20-15(21)8-9-18/h5-7,12H,8-9,11H2,1-4H3. The van der Waals surface area contributed by atoms with Gasteiger partial charge in [-0.05, 0) is 23.5 Å². The molecule has 0 aliphatic heterocycles. The summed E-state index contributed by atoms with van der Waals surface area (Å²) in [5.74, 6) is 2.00. The van der Waals surface area contributed by atoms with Crippen LogP contribution in [0.5, 0.6) is 0 Å². The van der Waals surface area contributed by atoms with Crippen molar-refractivity contribution in [2.75, 3.05) is 5.88 Å². The van der Waals surface area contributed by atoms with Crippen molar-refractivity contribution in [2.45, 2.75) is 40.7 Å². The fourth-order valence-corrected chi connectivity index (χ4v) is 2.48. The maximum Gasteiger partial charge on any atom is 0.111 e. The molecule has 1 aromatic heterocycles. The summed E-state index contributed by atoms with van der Waals surface area (Å²) in [5.41, 5.74) is 2.68. The summed E-state index contributed by atoms with van der Waals surface area (Å²) >= 11 is 5.92. The molecule has 2 rings (SSSR count). The molecule has 0 radical (unpaired) electrons. The van der Waals surface area contributed by atoms with E-state index in [0.29, 0.717) is 17.4 Å². The number of aryl methyl sites for hydroxylation is 1. The van der Waals surface area contributed by atoms with Crippen LogP contribution in [0.25, 0.3) is 11.0 Å². The van der Waals surface area contributed by atoms with Crippen molar-refractivity contribution < 1.29 is 0 Å². The molecule has 1 heterocycles. The van der Waals surface area contributed by atoms with E-state index < -0.39 is 0 Å². The van der Waals surface area contributed by atoms with Crippen LogP contribution >= 0.6 is 11.6 Å². The fraction of sp³-hybridized carbons (Fsp3) is 0.529. The SMILES string of the molecule is CC(Cn1c(CCCl)nc2c(C#N)cccc21)C(C)(C)C. The Labute approximate surface area is 131 Å². The average Bonchev–Trinajstić information content (AvgIpc) is 2.76. The van der Waals surface area contributed by atoms with E-state index in [1.807, 2.05) is 18.2 Å². The van der Waals surface area contributed by atoms with Gasteiger partial charge in [0.1, 0.15) is 17.4 Å². The second-order valence-electron chi connectivity index (χ2n) is 6.63. The number of imidazole rings is 1. The molecule has 0 saturated carbocycles. The van der Waals surface area contributed by atoms with Crippen LogP contribution in [0.4, 0.5) is 0 Å². The third-order valence-corrected chi connectivity index (χ3v) is 4.42. The van der Waals surface area contributed by atoms with Crippen LogP contribution in [0, 0.1) is 22.7 Å². The molecule has 0 aliphatic carbocycles. The molecule has 112 valence electrons. The number of rotatable bonds is 4. The molecule has 0 spiro atoms. The monoisotopic (exact) mass is 303 g/mol. The van der Waals surface area contributed by atoms with Gasteiger partial charge in [-0.3, -0.25) is 0 Å². The number of para-hydroxylation sites is 1. The van der Waals surface area contributed by atoms with E-state index in [9.17, 15) is 5.26 Å². The van der Waals surface area contributed by atoms with Crippen LogP contribution in [0.2, 0.25) is 0 Å². The van der Waals surface area contributed by atoms with Crippen molar-refractivity contribution in [3.8, 4) is 6.07 Å². The van der Waals surface area contributed by atoms with Crippen LogP contribution in [0.15, 0.2) is 18.2 Å². The van der Waals surface area contributed by atoms with Gasteiger partial charge in [0.05, 0.1) is 11.1 Å². The number of benzene rings is 1. The van der Waals surface area contributed by atoms with E-state index in [-0.39, 0.29) is 5.41 Å². The van der Waals surface area contributed by atoms with E-state index in [0.717, 1.165) is 29.8 Å². The van der Waals surface area contributed by atoms with E-state index in [4.69, 9.17) is 11.6 Å². The van der Waals surface area contributed by atoms with Crippen LogP contribution in [0.3, 0.4) is 0 Å². The lowest BCUT2D eigenvalue weighted by atomic mass is 9.82. The average molecular weight is 304 g/mol. The molecule has 4 heteroatoms. The van der Waals surface area contributed by atoms with E-state index in [1.54, 1.807) is 0 Å². The van der Waals surface area contributed by atoms with Gasteiger partial charge in [-0.15, -0.1) is 11.6 Å². The summed E-state index contributed by atoms with van der Waals surface area (Å²) in [5, 5.41) is 9.25. The zero-order chi connectivity index (χ0) is 15.6. The van der Waals surface area contributed by atoms with Gasteiger partial charge in [-0.2, -0.15) is 5.26 Å². The predicted octanol–water partition coefficient (Wildman–Crippen LogP) is 4.37. The highest BCUT2D eigenvalue weighted by atomic mass is 35.5. The number of hydrogen-bond acceptors (Lipinski definition) is 2. The molecule has 0 fully saturated rings. The normalized spacial score (nSPS) is 13.3. The van der Waals surface area contributed by atoms with Gasteiger partial charge in [0.25, 0.3) is 0 Å². The van der Waals surface area contributed by atoms with Crippen molar-refractivity contribution in [1.29, 1.82) is 5.26 Å². The second-order valence-corrected chi connectivity index (χ2v) is 7.01.